The maximum absolute atomic E-state index is 13.1. The summed E-state index contributed by atoms with van der Waals surface area (Å²) in [6.07, 6.45) is 0.392. The van der Waals surface area contributed by atoms with Crippen molar-refractivity contribution >= 4 is 32.6 Å². The molecule has 2 aromatic carbocycles. The van der Waals surface area contributed by atoms with Gasteiger partial charge < -0.3 is 4.90 Å². The molecule has 0 bridgehead atoms. The lowest BCUT2D eigenvalue weighted by Crippen LogP contribution is -2.37. The number of fused-ring (bicyclic) bond motifs is 1. The van der Waals surface area contributed by atoms with E-state index in [2.05, 4.69) is 49.9 Å². The van der Waals surface area contributed by atoms with Crippen molar-refractivity contribution in [2.24, 2.45) is 0 Å². The van der Waals surface area contributed by atoms with Crippen LogP contribution in [-0.2, 0) is 11.2 Å². The van der Waals surface area contributed by atoms with Crippen molar-refractivity contribution in [2.45, 2.75) is 27.2 Å². The molecule has 0 radical (unpaired) electrons. The fourth-order valence-electron chi connectivity index (χ4n) is 3.19. The van der Waals surface area contributed by atoms with Crippen LogP contribution >= 0.6 is 11.3 Å². The predicted molar refractivity (Wildman–Crippen MR) is 115 cm³/mol. The van der Waals surface area contributed by atoms with E-state index in [9.17, 15) is 4.79 Å². The zero-order valence-corrected chi connectivity index (χ0v) is 17.6. The van der Waals surface area contributed by atoms with Crippen molar-refractivity contribution in [3.8, 4) is 0 Å². The summed E-state index contributed by atoms with van der Waals surface area (Å²) in [7, 11) is 4.05. The van der Waals surface area contributed by atoms with Crippen LogP contribution < -0.4 is 4.90 Å². The molecule has 1 amide bonds. The molecule has 1 aromatic heterocycles. The van der Waals surface area contributed by atoms with Gasteiger partial charge in [0.05, 0.1) is 16.6 Å². The highest BCUT2D eigenvalue weighted by atomic mass is 32.1. The van der Waals surface area contributed by atoms with Gasteiger partial charge in [-0.2, -0.15) is 0 Å². The Labute approximate surface area is 165 Å². The highest BCUT2D eigenvalue weighted by molar-refractivity contribution is 7.22. The van der Waals surface area contributed by atoms with E-state index in [1.54, 1.807) is 11.3 Å². The fraction of sp³-hybridized carbons (Fsp3) is 0.364. The summed E-state index contributed by atoms with van der Waals surface area (Å²) in [5, 5.41) is 0.790. The molecule has 0 atom stereocenters. The van der Waals surface area contributed by atoms with Crippen molar-refractivity contribution in [1.82, 2.24) is 9.88 Å². The summed E-state index contributed by atoms with van der Waals surface area (Å²) in [6, 6.07) is 12.4. The van der Waals surface area contributed by atoms with Crippen molar-refractivity contribution in [1.29, 1.82) is 0 Å². The molecule has 0 saturated carbocycles. The summed E-state index contributed by atoms with van der Waals surface area (Å²) in [4.78, 5) is 21.9. The molecule has 1 heterocycles. The molecule has 4 nitrogen and oxygen atoms in total. The maximum Gasteiger partial charge on any atom is 0.233 e. The van der Waals surface area contributed by atoms with Crippen LogP contribution in [0.15, 0.2) is 36.4 Å². The number of carbonyl (C=O) groups excluding carboxylic acids is 1. The molecular weight excluding hydrogens is 354 g/mol. The minimum atomic E-state index is 0.0934. The van der Waals surface area contributed by atoms with Crippen LogP contribution in [0.3, 0.4) is 0 Å². The van der Waals surface area contributed by atoms with Crippen LogP contribution in [0.2, 0.25) is 0 Å². The number of benzene rings is 2. The van der Waals surface area contributed by atoms with Crippen LogP contribution in [0.4, 0.5) is 5.13 Å². The highest BCUT2D eigenvalue weighted by Crippen LogP contribution is 2.32. The van der Waals surface area contributed by atoms with E-state index in [1.807, 2.05) is 31.1 Å². The molecule has 0 unspecified atom stereocenters. The Morgan fingerprint density at radius 3 is 2.52 bits per heavy atom. The molecule has 0 aliphatic heterocycles. The molecule has 3 aromatic rings. The number of likely N-dealkylation sites (N-methyl/N-ethyl adjacent to an activating group) is 1. The van der Waals surface area contributed by atoms with E-state index in [0.29, 0.717) is 13.0 Å². The first-order valence-corrected chi connectivity index (χ1v) is 10.0. The van der Waals surface area contributed by atoms with Gasteiger partial charge in [0, 0.05) is 13.1 Å². The maximum atomic E-state index is 13.1. The zero-order valence-electron chi connectivity index (χ0n) is 16.7. The molecule has 0 aliphatic carbocycles. The third-order valence-corrected chi connectivity index (χ3v) is 5.58. The number of amides is 1. The Hall–Kier alpha value is -2.24. The Morgan fingerprint density at radius 2 is 1.81 bits per heavy atom. The first-order valence-electron chi connectivity index (χ1n) is 9.22. The Balaban J connectivity index is 1.93. The molecular formula is C22H27N3OS. The normalized spacial score (nSPS) is 11.3. The third kappa shape index (κ3) is 4.73. The number of hydrogen-bond acceptors (Lipinski definition) is 4. The second-order valence-electron chi connectivity index (χ2n) is 7.44. The number of aryl methyl sites for hydroxylation is 3. The number of aromatic nitrogens is 1. The first kappa shape index (κ1) is 19.5. The van der Waals surface area contributed by atoms with Crippen LogP contribution in [0.25, 0.3) is 10.2 Å². The predicted octanol–water partition coefficient (Wildman–Crippen LogP) is 4.36. The van der Waals surface area contributed by atoms with E-state index in [1.165, 1.54) is 11.1 Å². The Bertz CT molecular complexity index is 961. The van der Waals surface area contributed by atoms with Crippen LogP contribution in [0, 0.1) is 20.8 Å². The monoisotopic (exact) mass is 381 g/mol. The van der Waals surface area contributed by atoms with Gasteiger partial charge in [0.15, 0.2) is 5.13 Å². The van der Waals surface area contributed by atoms with E-state index in [-0.39, 0.29) is 5.91 Å². The van der Waals surface area contributed by atoms with Gasteiger partial charge in [-0.05, 0) is 57.6 Å². The van der Waals surface area contributed by atoms with Crippen molar-refractivity contribution in [3.63, 3.8) is 0 Å². The number of thiazole rings is 1. The average Bonchev–Trinajstić information content (AvgIpc) is 2.98. The summed E-state index contributed by atoms with van der Waals surface area (Å²) < 4.78 is 1.14. The molecule has 0 N–H and O–H groups in total. The van der Waals surface area contributed by atoms with E-state index in [4.69, 9.17) is 4.98 Å². The van der Waals surface area contributed by atoms with Gasteiger partial charge in [-0.3, -0.25) is 9.69 Å². The number of anilines is 1. The molecule has 0 aliphatic rings. The SMILES string of the molecule is Cc1cccc(CC(=O)N(CCN(C)C)c2nc3c(C)cc(C)cc3s2)c1. The summed E-state index contributed by atoms with van der Waals surface area (Å²) in [5.41, 5.74) is 5.60. The average molecular weight is 382 g/mol. The Morgan fingerprint density at radius 1 is 1.04 bits per heavy atom. The van der Waals surface area contributed by atoms with Gasteiger partial charge in [0.1, 0.15) is 0 Å². The molecule has 3 rings (SSSR count). The topological polar surface area (TPSA) is 36.4 Å². The van der Waals surface area contributed by atoms with E-state index < -0.39 is 0 Å². The van der Waals surface area contributed by atoms with Gasteiger partial charge in [-0.25, -0.2) is 4.98 Å². The molecule has 0 spiro atoms. The lowest BCUT2D eigenvalue weighted by molar-refractivity contribution is -0.118. The minimum Gasteiger partial charge on any atom is -0.308 e. The van der Waals surface area contributed by atoms with Crippen LogP contribution in [-0.4, -0.2) is 43.0 Å². The molecule has 142 valence electrons. The molecule has 27 heavy (non-hydrogen) atoms. The number of hydrogen-bond donors (Lipinski definition) is 0. The van der Waals surface area contributed by atoms with Crippen LogP contribution in [0.1, 0.15) is 22.3 Å². The molecule has 0 saturated heterocycles. The minimum absolute atomic E-state index is 0.0934. The quantitative estimate of drug-likeness (QED) is 0.637. The molecule has 0 fully saturated rings. The smallest absolute Gasteiger partial charge is 0.233 e. The molecule has 5 heteroatoms. The lowest BCUT2D eigenvalue weighted by atomic mass is 10.1. The number of rotatable bonds is 6. The van der Waals surface area contributed by atoms with Crippen LogP contribution in [0.5, 0.6) is 0 Å². The van der Waals surface area contributed by atoms with Gasteiger partial charge >= 0.3 is 0 Å². The summed E-state index contributed by atoms with van der Waals surface area (Å²) in [5.74, 6) is 0.0934. The summed E-state index contributed by atoms with van der Waals surface area (Å²) in [6.45, 7) is 7.66. The number of carbonyl (C=O) groups is 1. The van der Waals surface area contributed by atoms with Gasteiger partial charge in [-0.1, -0.05) is 47.2 Å². The highest BCUT2D eigenvalue weighted by Gasteiger charge is 2.21. The third-order valence-electron chi connectivity index (χ3n) is 4.56. The van der Waals surface area contributed by atoms with Gasteiger partial charge in [-0.15, -0.1) is 0 Å². The fourth-order valence-corrected chi connectivity index (χ4v) is 4.38. The lowest BCUT2D eigenvalue weighted by Gasteiger charge is -2.22. The van der Waals surface area contributed by atoms with Crippen molar-refractivity contribution < 1.29 is 4.79 Å². The van der Waals surface area contributed by atoms with E-state index >= 15 is 0 Å². The standard InChI is InChI=1S/C22H27N3OS/c1-15-7-6-8-18(12-15)14-20(26)25(10-9-24(4)5)22-23-21-17(3)11-16(2)13-19(21)27-22/h6-8,11-13H,9-10,14H2,1-5H3. The van der Waals surface area contributed by atoms with E-state index in [0.717, 1.165) is 33.0 Å². The van der Waals surface area contributed by atoms with Crippen molar-refractivity contribution in [2.75, 3.05) is 32.1 Å². The Kier molecular flexibility index (Phi) is 5.92. The van der Waals surface area contributed by atoms with Gasteiger partial charge in [0.2, 0.25) is 5.91 Å². The first-order chi connectivity index (χ1) is 12.8. The zero-order chi connectivity index (χ0) is 19.6. The second kappa shape index (κ2) is 8.19. The largest absolute Gasteiger partial charge is 0.308 e. The van der Waals surface area contributed by atoms with Gasteiger partial charge in [0.25, 0.3) is 0 Å². The number of nitrogens with zero attached hydrogens (tertiary/aromatic N) is 3. The summed E-state index contributed by atoms with van der Waals surface area (Å²) >= 11 is 1.60. The second-order valence-corrected chi connectivity index (χ2v) is 8.45. The van der Waals surface area contributed by atoms with Crippen molar-refractivity contribution in [3.05, 3.63) is 58.7 Å².